The lowest BCUT2D eigenvalue weighted by Crippen LogP contribution is -2.53. The predicted molar refractivity (Wildman–Crippen MR) is 74.7 cm³/mol. The molecule has 19 heavy (non-hydrogen) atoms. The Morgan fingerprint density at radius 2 is 2.00 bits per heavy atom. The van der Waals surface area contributed by atoms with E-state index in [0.717, 1.165) is 16.6 Å². The first kappa shape index (κ1) is 14.2. The van der Waals surface area contributed by atoms with Gasteiger partial charge in [-0.25, -0.2) is 0 Å². The third kappa shape index (κ3) is 4.14. The second-order valence-electron chi connectivity index (χ2n) is 4.28. The number of imide groups is 1. The highest BCUT2D eigenvalue weighted by Crippen LogP contribution is 2.23. The predicted octanol–water partition coefficient (Wildman–Crippen LogP) is 1.32. The van der Waals surface area contributed by atoms with Gasteiger partial charge in [0.2, 0.25) is 17.7 Å². The second kappa shape index (κ2) is 6.29. The largest absolute Gasteiger partial charge is 0.324 e. The van der Waals surface area contributed by atoms with Crippen LogP contribution in [0.25, 0.3) is 0 Å². The van der Waals surface area contributed by atoms with Crippen LogP contribution in [-0.2, 0) is 20.8 Å². The molecule has 1 fully saturated rings. The zero-order chi connectivity index (χ0) is 13.8. The van der Waals surface area contributed by atoms with Crippen molar-refractivity contribution in [1.29, 1.82) is 0 Å². The molecule has 7 heteroatoms. The Morgan fingerprint density at radius 3 is 2.58 bits per heavy atom. The van der Waals surface area contributed by atoms with Gasteiger partial charge >= 0.3 is 0 Å². The van der Waals surface area contributed by atoms with E-state index in [1.807, 2.05) is 12.1 Å². The molecule has 0 atom stereocenters. The van der Waals surface area contributed by atoms with Gasteiger partial charge in [-0.05, 0) is 40.9 Å². The van der Waals surface area contributed by atoms with E-state index in [0.29, 0.717) is 6.42 Å². The van der Waals surface area contributed by atoms with Gasteiger partial charge in [0.15, 0.2) is 0 Å². The minimum Gasteiger partial charge on any atom is -0.324 e. The quantitative estimate of drug-likeness (QED) is 0.837. The normalized spacial score (nSPS) is 15.5. The maximum Gasteiger partial charge on any atom is 0.246 e. The van der Waals surface area contributed by atoms with Gasteiger partial charge in [-0.3, -0.25) is 19.7 Å². The molecule has 0 bridgehead atoms. The molecule has 0 saturated carbocycles. The van der Waals surface area contributed by atoms with Crippen LogP contribution in [0.3, 0.4) is 0 Å². The SMILES string of the molecule is O=C1CN(C(=O)CCCc2ccc(Br)s2)CC(=O)N1. The van der Waals surface area contributed by atoms with Crippen LogP contribution >= 0.6 is 27.3 Å². The van der Waals surface area contributed by atoms with Gasteiger partial charge in [-0.1, -0.05) is 0 Å². The van der Waals surface area contributed by atoms with Crippen molar-refractivity contribution in [2.24, 2.45) is 0 Å². The first-order valence-electron chi connectivity index (χ1n) is 5.89. The van der Waals surface area contributed by atoms with Crippen LogP contribution in [0.4, 0.5) is 0 Å². The number of aryl methyl sites for hydroxylation is 1. The van der Waals surface area contributed by atoms with Crippen LogP contribution < -0.4 is 5.32 Å². The molecule has 1 aliphatic rings. The summed E-state index contributed by atoms with van der Waals surface area (Å²) in [6.45, 7) is -0.0375. The molecule has 102 valence electrons. The molecular weight excluding hydrogens is 332 g/mol. The lowest BCUT2D eigenvalue weighted by Gasteiger charge is -2.25. The first-order chi connectivity index (χ1) is 9.04. The molecule has 1 aromatic rings. The number of thiophene rings is 1. The fraction of sp³-hybridized carbons (Fsp3) is 0.417. The van der Waals surface area contributed by atoms with Crippen molar-refractivity contribution in [2.45, 2.75) is 19.3 Å². The molecular formula is C12H13BrN2O3S. The summed E-state index contributed by atoms with van der Waals surface area (Å²) >= 11 is 5.04. The van der Waals surface area contributed by atoms with Gasteiger partial charge in [0, 0.05) is 11.3 Å². The molecule has 0 spiro atoms. The summed E-state index contributed by atoms with van der Waals surface area (Å²) in [7, 11) is 0. The number of amides is 3. The molecule has 0 unspecified atom stereocenters. The molecule has 1 saturated heterocycles. The van der Waals surface area contributed by atoms with Crippen LogP contribution in [0.5, 0.6) is 0 Å². The van der Waals surface area contributed by atoms with E-state index in [9.17, 15) is 14.4 Å². The molecule has 1 aliphatic heterocycles. The zero-order valence-electron chi connectivity index (χ0n) is 10.1. The number of nitrogens with zero attached hydrogens (tertiary/aromatic N) is 1. The summed E-state index contributed by atoms with van der Waals surface area (Å²) in [6.07, 6.45) is 1.91. The summed E-state index contributed by atoms with van der Waals surface area (Å²) in [6, 6.07) is 4.01. The summed E-state index contributed by atoms with van der Waals surface area (Å²) < 4.78 is 1.08. The van der Waals surface area contributed by atoms with E-state index < -0.39 is 11.8 Å². The Hall–Kier alpha value is -1.21. The van der Waals surface area contributed by atoms with Crippen LogP contribution in [-0.4, -0.2) is 35.7 Å². The van der Waals surface area contributed by atoms with E-state index >= 15 is 0 Å². The topological polar surface area (TPSA) is 66.5 Å². The van der Waals surface area contributed by atoms with Gasteiger partial charge in [-0.15, -0.1) is 11.3 Å². The molecule has 0 aromatic carbocycles. The lowest BCUT2D eigenvalue weighted by atomic mass is 10.2. The molecule has 3 amide bonds. The number of hydrogen-bond acceptors (Lipinski definition) is 4. The number of carbonyl (C=O) groups is 3. The third-order valence-corrected chi connectivity index (χ3v) is 4.43. The Kier molecular flexibility index (Phi) is 4.71. The summed E-state index contributed by atoms with van der Waals surface area (Å²) in [5, 5.41) is 2.17. The van der Waals surface area contributed by atoms with Crippen molar-refractivity contribution in [1.82, 2.24) is 10.2 Å². The molecule has 0 aliphatic carbocycles. The van der Waals surface area contributed by atoms with E-state index in [-0.39, 0.29) is 19.0 Å². The van der Waals surface area contributed by atoms with E-state index in [2.05, 4.69) is 21.2 Å². The third-order valence-electron chi connectivity index (χ3n) is 2.74. The van der Waals surface area contributed by atoms with Gasteiger partial charge in [-0.2, -0.15) is 0 Å². The highest BCUT2D eigenvalue weighted by Gasteiger charge is 2.25. The van der Waals surface area contributed by atoms with Crippen molar-refractivity contribution in [2.75, 3.05) is 13.1 Å². The van der Waals surface area contributed by atoms with Gasteiger partial charge in [0.05, 0.1) is 3.79 Å². The highest BCUT2D eigenvalue weighted by atomic mass is 79.9. The van der Waals surface area contributed by atoms with Crippen LogP contribution in [0, 0.1) is 0 Å². The smallest absolute Gasteiger partial charge is 0.246 e. The van der Waals surface area contributed by atoms with E-state index in [1.54, 1.807) is 11.3 Å². The molecule has 5 nitrogen and oxygen atoms in total. The highest BCUT2D eigenvalue weighted by molar-refractivity contribution is 9.11. The summed E-state index contributed by atoms with van der Waals surface area (Å²) in [5.41, 5.74) is 0. The number of rotatable bonds is 4. The Bertz CT molecular complexity index is 499. The molecule has 0 radical (unpaired) electrons. The molecule has 2 heterocycles. The van der Waals surface area contributed by atoms with E-state index in [4.69, 9.17) is 0 Å². The second-order valence-corrected chi connectivity index (χ2v) is 6.83. The van der Waals surface area contributed by atoms with Gasteiger partial charge in [0.1, 0.15) is 13.1 Å². The van der Waals surface area contributed by atoms with E-state index in [1.165, 1.54) is 9.78 Å². The molecule has 1 N–H and O–H groups in total. The lowest BCUT2D eigenvalue weighted by molar-refractivity contribution is -0.145. The van der Waals surface area contributed by atoms with Crippen molar-refractivity contribution >= 4 is 45.0 Å². The van der Waals surface area contributed by atoms with Crippen LogP contribution in [0.2, 0.25) is 0 Å². The van der Waals surface area contributed by atoms with Gasteiger partial charge in [0.25, 0.3) is 0 Å². The monoisotopic (exact) mass is 344 g/mol. The van der Waals surface area contributed by atoms with Crippen molar-refractivity contribution in [3.63, 3.8) is 0 Å². The fourth-order valence-corrected chi connectivity index (χ4v) is 3.40. The number of carbonyl (C=O) groups excluding carboxylic acids is 3. The summed E-state index contributed by atoms with van der Waals surface area (Å²) in [5.74, 6) is -0.961. The van der Waals surface area contributed by atoms with Crippen LogP contribution in [0.15, 0.2) is 15.9 Å². The Labute approximate surface area is 123 Å². The van der Waals surface area contributed by atoms with Crippen molar-refractivity contribution in [3.8, 4) is 0 Å². The van der Waals surface area contributed by atoms with Crippen molar-refractivity contribution in [3.05, 3.63) is 20.8 Å². The Balaban J connectivity index is 1.78. The molecule has 2 rings (SSSR count). The van der Waals surface area contributed by atoms with Crippen LogP contribution in [0.1, 0.15) is 17.7 Å². The number of halogens is 1. The minimum absolute atomic E-state index is 0.0187. The van der Waals surface area contributed by atoms with Crippen molar-refractivity contribution < 1.29 is 14.4 Å². The maximum absolute atomic E-state index is 11.9. The standard InChI is InChI=1S/C12H13BrN2O3S/c13-9-5-4-8(19-9)2-1-3-12(18)15-6-10(16)14-11(17)7-15/h4-5H,1-3,6-7H2,(H,14,16,17). The summed E-state index contributed by atoms with van der Waals surface area (Å²) in [4.78, 5) is 36.7. The zero-order valence-corrected chi connectivity index (χ0v) is 12.6. The first-order valence-corrected chi connectivity index (χ1v) is 7.50. The minimum atomic E-state index is -0.410. The average molecular weight is 345 g/mol. The Morgan fingerprint density at radius 1 is 1.32 bits per heavy atom. The average Bonchev–Trinajstić information content (AvgIpc) is 2.73. The maximum atomic E-state index is 11.9. The number of hydrogen-bond donors (Lipinski definition) is 1. The number of nitrogens with one attached hydrogen (secondary N) is 1. The fourth-order valence-electron chi connectivity index (χ4n) is 1.87. The molecule has 1 aromatic heterocycles. The van der Waals surface area contributed by atoms with Gasteiger partial charge < -0.3 is 4.90 Å². The number of piperazine rings is 1.